The summed E-state index contributed by atoms with van der Waals surface area (Å²) >= 11 is 1.58. The maximum absolute atomic E-state index is 14.0. The van der Waals surface area contributed by atoms with Crippen LogP contribution < -0.4 is 10.6 Å². The van der Waals surface area contributed by atoms with Gasteiger partial charge in [0, 0.05) is 26.1 Å². The van der Waals surface area contributed by atoms with Crippen molar-refractivity contribution in [1.82, 2.24) is 25.4 Å². The molecule has 0 bridgehead atoms. The lowest BCUT2D eigenvalue weighted by molar-refractivity contribution is -0.144. The van der Waals surface area contributed by atoms with Crippen LogP contribution in [0.5, 0.6) is 5.75 Å². The van der Waals surface area contributed by atoms with Crippen LogP contribution in [0.4, 0.5) is 0 Å². The number of hydrogen-bond acceptors (Lipinski definition) is 12. The minimum atomic E-state index is -0.946. The molecule has 9 unspecified atom stereocenters. The Morgan fingerprint density at radius 1 is 0.957 bits per heavy atom. The number of fused-ring (bicyclic) bond motifs is 5. The molecule has 2 aromatic carbocycles. The summed E-state index contributed by atoms with van der Waals surface area (Å²) in [6.07, 6.45) is 9.10. The number of likely N-dealkylation sites (N-methyl/N-ethyl adjacent to an activating group) is 1. The average Bonchev–Trinajstić information content (AvgIpc) is 4.02. The number of nitrogens with zero attached hydrogens (tertiary/aromatic N) is 3. The fraction of sp³-hybridized carbons (Fsp3) is 0.667. The van der Waals surface area contributed by atoms with Gasteiger partial charge in [0.1, 0.15) is 24.4 Å². The molecule has 9 atom stereocenters. The summed E-state index contributed by atoms with van der Waals surface area (Å²) in [6, 6.07) is 12.1. The van der Waals surface area contributed by atoms with Crippen molar-refractivity contribution in [2.45, 2.75) is 136 Å². The van der Waals surface area contributed by atoms with Gasteiger partial charge in [0.15, 0.2) is 0 Å². The van der Waals surface area contributed by atoms with E-state index >= 15 is 0 Å². The molecule has 7 rings (SSSR count). The zero-order valence-electron chi connectivity index (χ0n) is 41.9. The smallest absolute Gasteiger partial charge is 0.246 e. The van der Waals surface area contributed by atoms with Gasteiger partial charge in [0.2, 0.25) is 17.7 Å². The highest BCUT2D eigenvalue weighted by Crippen LogP contribution is 2.62. The van der Waals surface area contributed by atoms with E-state index in [1.807, 2.05) is 69.6 Å². The highest BCUT2D eigenvalue weighted by Gasteiger charge is 2.56. The Labute approximate surface area is 413 Å². The standard InChI is InChI=1S/C54H79N5O9S/c1-35-49(69-34-56-35)37-13-11-36(12-14-37)31-55-51(64)45-30-41(61)32-59(45)52(65)50(53(2,3)4)57-47(63)33-68-27-26-67-25-24-66-23-22-58(6)21-9-7-8-10-38-28-39-29-40(60)15-16-42(39)43-19-20-54(5)44(48(38)43)17-18-46(54)62/h11-16,29,34,38,41,43-46,48,50,60-62H,7-10,17-28,30-33H2,1-6H3,(H,55,64)(H,57,63). The highest BCUT2D eigenvalue weighted by molar-refractivity contribution is 7.13. The van der Waals surface area contributed by atoms with E-state index < -0.39 is 35.4 Å². The Hall–Kier alpha value is -3.96. The van der Waals surface area contributed by atoms with E-state index in [-0.39, 0.29) is 56.8 Å². The second-order valence-corrected chi connectivity index (χ2v) is 22.5. The van der Waals surface area contributed by atoms with E-state index in [2.05, 4.69) is 40.6 Å². The number of ether oxygens (including phenoxy) is 3. The Morgan fingerprint density at radius 3 is 2.42 bits per heavy atom. The summed E-state index contributed by atoms with van der Waals surface area (Å²) in [7, 11) is 2.14. The normalized spacial score (nSPS) is 25.8. The van der Waals surface area contributed by atoms with E-state index in [9.17, 15) is 29.7 Å². The predicted octanol–water partition coefficient (Wildman–Crippen LogP) is 6.62. The van der Waals surface area contributed by atoms with Gasteiger partial charge in [-0.05, 0) is 134 Å². The first-order valence-corrected chi connectivity index (χ1v) is 26.4. The first kappa shape index (κ1) is 52.9. The SMILES string of the molecule is Cc1ncsc1-c1ccc(CNC(=O)C2CC(O)CN2C(=O)C(NC(=O)COCCOCCOCCN(C)CCCCCC2Cc3cc(O)ccc3C3CCC4(C)C(O)CCC4C23)C(C)(C)C)cc1. The summed E-state index contributed by atoms with van der Waals surface area (Å²) in [5.41, 5.74) is 6.88. The van der Waals surface area contributed by atoms with Crippen LogP contribution in [0.3, 0.4) is 0 Å². The Bertz CT molecular complexity index is 2160. The van der Waals surface area contributed by atoms with Crippen LogP contribution in [0, 0.1) is 35.5 Å². The molecule has 3 amide bonds. The van der Waals surface area contributed by atoms with Crippen LogP contribution in [-0.4, -0.2) is 138 Å². The number of β-amino-alcohol motifs (C(OH)–C–C–N with tert-alkyl or cyclic N) is 1. The molecule has 3 aromatic rings. The number of likely N-dealkylation sites (tertiary alicyclic amines) is 1. The number of aliphatic hydroxyl groups is 2. The number of phenolic OH excluding ortho intramolecular Hbond substituents is 1. The summed E-state index contributed by atoms with van der Waals surface area (Å²) in [6.45, 7) is 13.7. The molecule has 69 heavy (non-hydrogen) atoms. The number of thiazole rings is 1. The number of benzene rings is 2. The monoisotopic (exact) mass is 974 g/mol. The van der Waals surface area contributed by atoms with Crippen LogP contribution in [0.1, 0.15) is 114 Å². The van der Waals surface area contributed by atoms with Crippen molar-refractivity contribution in [1.29, 1.82) is 0 Å². The van der Waals surface area contributed by atoms with Crippen molar-refractivity contribution in [2.75, 3.05) is 66.3 Å². The third kappa shape index (κ3) is 13.3. The molecule has 5 N–H and O–H groups in total. The van der Waals surface area contributed by atoms with E-state index in [1.54, 1.807) is 11.3 Å². The number of carbonyl (C=O) groups excluding carboxylic acids is 3. The lowest BCUT2D eigenvalue weighted by Crippen LogP contribution is -2.58. The number of amides is 3. The van der Waals surface area contributed by atoms with Gasteiger partial charge in [-0.15, -0.1) is 11.3 Å². The van der Waals surface area contributed by atoms with E-state index in [4.69, 9.17) is 14.2 Å². The summed E-state index contributed by atoms with van der Waals surface area (Å²) in [5.74, 6) is 1.45. The first-order chi connectivity index (χ1) is 33.0. The highest BCUT2D eigenvalue weighted by atomic mass is 32.1. The zero-order valence-corrected chi connectivity index (χ0v) is 42.7. The minimum absolute atomic E-state index is 0.00280. The van der Waals surface area contributed by atoms with Crippen molar-refractivity contribution in [3.8, 4) is 16.2 Å². The van der Waals surface area contributed by atoms with Crippen LogP contribution in [0.15, 0.2) is 48.0 Å². The van der Waals surface area contributed by atoms with Gasteiger partial charge in [-0.3, -0.25) is 14.4 Å². The van der Waals surface area contributed by atoms with Crippen LogP contribution >= 0.6 is 11.3 Å². The number of phenols is 1. The third-order valence-electron chi connectivity index (χ3n) is 15.8. The van der Waals surface area contributed by atoms with Gasteiger partial charge in [-0.25, -0.2) is 4.98 Å². The fourth-order valence-electron chi connectivity index (χ4n) is 11.9. The van der Waals surface area contributed by atoms with Gasteiger partial charge in [-0.1, -0.05) is 70.9 Å². The van der Waals surface area contributed by atoms with Gasteiger partial charge in [0.05, 0.1) is 61.3 Å². The molecule has 1 aromatic heterocycles. The number of carbonyl (C=O) groups is 3. The first-order valence-electron chi connectivity index (χ1n) is 25.5. The number of hydrogen-bond donors (Lipinski definition) is 5. The second kappa shape index (κ2) is 24.0. The van der Waals surface area contributed by atoms with Crippen molar-refractivity contribution in [2.24, 2.45) is 28.6 Å². The molecular weight excluding hydrogens is 895 g/mol. The minimum Gasteiger partial charge on any atom is -0.508 e. The predicted molar refractivity (Wildman–Crippen MR) is 268 cm³/mol. The van der Waals surface area contributed by atoms with E-state index in [0.717, 1.165) is 73.3 Å². The maximum atomic E-state index is 14.0. The van der Waals surface area contributed by atoms with Crippen molar-refractivity contribution in [3.63, 3.8) is 0 Å². The Kier molecular flexibility index (Phi) is 18.4. The molecule has 3 aliphatic carbocycles. The molecule has 380 valence electrons. The molecular formula is C54H79N5O9S. The molecule has 1 aliphatic heterocycles. The van der Waals surface area contributed by atoms with E-state index in [1.165, 1.54) is 35.3 Å². The molecule has 14 nitrogen and oxygen atoms in total. The van der Waals surface area contributed by atoms with Gasteiger partial charge >= 0.3 is 0 Å². The number of nitrogens with one attached hydrogen (secondary N) is 2. The maximum Gasteiger partial charge on any atom is 0.246 e. The van der Waals surface area contributed by atoms with Crippen molar-refractivity contribution in [3.05, 3.63) is 70.4 Å². The lowest BCUT2D eigenvalue weighted by Gasteiger charge is -2.53. The summed E-state index contributed by atoms with van der Waals surface area (Å²) in [4.78, 5) is 49.5. The van der Waals surface area contributed by atoms with Crippen molar-refractivity contribution >= 4 is 29.1 Å². The topological polar surface area (TPSA) is 183 Å². The molecule has 0 radical (unpaired) electrons. The summed E-state index contributed by atoms with van der Waals surface area (Å²) in [5, 5.41) is 37.6. The number of aryl methyl sites for hydroxylation is 1. The Balaban J connectivity index is 0.733. The molecule has 3 fully saturated rings. The number of rotatable bonds is 23. The fourth-order valence-corrected chi connectivity index (χ4v) is 12.7. The van der Waals surface area contributed by atoms with Crippen LogP contribution in [-0.2, 0) is 41.6 Å². The third-order valence-corrected chi connectivity index (χ3v) is 16.7. The quantitative estimate of drug-likeness (QED) is 0.0645. The molecule has 15 heteroatoms. The van der Waals surface area contributed by atoms with Gasteiger partial charge in [-0.2, -0.15) is 0 Å². The van der Waals surface area contributed by atoms with Crippen LogP contribution in [0.25, 0.3) is 10.4 Å². The molecule has 4 aliphatic rings. The molecule has 1 saturated heterocycles. The molecule has 2 heterocycles. The number of aromatic hydroxyl groups is 1. The molecule has 2 saturated carbocycles. The van der Waals surface area contributed by atoms with Gasteiger partial charge in [0.25, 0.3) is 0 Å². The second-order valence-electron chi connectivity index (χ2n) is 21.6. The lowest BCUT2D eigenvalue weighted by atomic mass is 9.52. The molecule has 0 spiro atoms. The number of aliphatic hydroxyl groups excluding tert-OH is 2. The average molecular weight is 974 g/mol. The summed E-state index contributed by atoms with van der Waals surface area (Å²) < 4.78 is 17.1. The van der Waals surface area contributed by atoms with E-state index in [0.29, 0.717) is 49.2 Å². The largest absolute Gasteiger partial charge is 0.508 e. The Morgan fingerprint density at radius 2 is 1.70 bits per heavy atom. The van der Waals surface area contributed by atoms with Crippen molar-refractivity contribution < 1.29 is 43.9 Å². The number of unbranched alkanes of at least 4 members (excludes halogenated alkanes) is 2. The number of aromatic nitrogens is 1. The van der Waals surface area contributed by atoms with Gasteiger partial charge < -0.3 is 50.0 Å². The zero-order chi connectivity index (χ0) is 49.3. The van der Waals surface area contributed by atoms with Crippen LogP contribution in [0.2, 0.25) is 0 Å².